The van der Waals surface area contributed by atoms with Gasteiger partial charge in [0.1, 0.15) is 5.75 Å². The fourth-order valence-corrected chi connectivity index (χ4v) is 3.16. The van der Waals surface area contributed by atoms with Gasteiger partial charge in [-0.3, -0.25) is 10.1 Å². The van der Waals surface area contributed by atoms with Crippen LogP contribution < -0.4 is 15.4 Å². The molecular formula is C17H22F2N2O2. The number of nitrogens with one attached hydrogen (secondary N) is 2. The van der Waals surface area contributed by atoms with E-state index in [4.69, 9.17) is 4.74 Å². The molecule has 0 bridgehead atoms. The van der Waals surface area contributed by atoms with Crippen molar-refractivity contribution in [3.8, 4) is 5.75 Å². The Hall–Kier alpha value is -1.69. The van der Waals surface area contributed by atoms with Gasteiger partial charge in [0, 0.05) is 18.5 Å². The summed E-state index contributed by atoms with van der Waals surface area (Å²) >= 11 is 0. The topological polar surface area (TPSA) is 50.4 Å². The summed E-state index contributed by atoms with van der Waals surface area (Å²) in [6, 6.07) is 6.73. The zero-order valence-corrected chi connectivity index (χ0v) is 13.0. The predicted molar refractivity (Wildman–Crippen MR) is 82.5 cm³/mol. The molecule has 1 aliphatic carbocycles. The van der Waals surface area contributed by atoms with Gasteiger partial charge in [0.2, 0.25) is 5.91 Å². The number of amides is 1. The summed E-state index contributed by atoms with van der Waals surface area (Å²) in [6.45, 7) is -0.155. The predicted octanol–water partition coefficient (Wildman–Crippen LogP) is 2.62. The van der Waals surface area contributed by atoms with Crippen molar-refractivity contribution >= 4 is 5.91 Å². The van der Waals surface area contributed by atoms with Gasteiger partial charge in [0.05, 0.1) is 18.7 Å². The molecule has 0 radical (unpaired) electrons. The monoisotopic (exact) mass is 324 g/mol. The number of carbonyl (C=O) groups is 1. The van der Waals surface area contributed by atoms with E-state index >= 15 is 0 Å². The van der Waals surface area contributed by atoms with Gasteiger partial charge < -0.3 is 10.1 Å². The molecule has 1 unspecified atom stereocenters. The maximum atomic E-state index is 13.1. The van der Waals surface area contributed by atoms with E-state index in [2.05, 4.69) is 10.6 Å². The van der Waals surface area contributed by atoms with Gasteiger partial charge in [-0.25, -0.2) is 8.78 Å². The molecular weight excluding hydrogens is 302 g/mol. The first-order chi connectivity index (χ1) is 11.0. The molecule has 1 aromatic carbocycles. The number of para-hydroxylation sites is 1. The highest BCUT2D eigenvalue weighted by molar-refractivity contribution is 5.82. The van der Waals surface area contributed by atoms with Gasteiger partial charge in [0.25, 0.3) is 5.92 Å². The molecule has 1 heterocycles. The molecule has 1 amide bonds. The number of carbonyl (C=O) groups excluding carboxylic acids is 1. The van der Waals surface area contributed by atoms with Crippen LogP contribution in [0.4, 0.5) is 8.78 Å². The molecule has 23 heavy (non-hydrogen) atoms. The van der Waals surface area contributed by atoms with Crippen LogP contribution >= 0.6 is 0 Å². The Morgan fingerprint density at radius 1 is 1.30 bits per heavy atom. The van der Waals surface area contributed by atoms with Crippen molar-refractivity contribution in [2.24, 2.45) is 0 Å². The van der Waals surface area contributed by atoms with Crippen molar-refractivity contribution in [2.45, 2.75) is 56.7 Å². The second-order valence-corrected chi connectivity index (χ2v) is 6.34. The van der Waals surface area contributed by atoms with Crippen molar-refractivity contribution in [1.82, 2.24) is 10.6 Å². The van der Waals surface area contributed by atoms with Crippen LogP contribution in [0.25, 0.3) is 0 Å². The Kier molecular flexibility index (Phi) is 4.80. The van der Waals surface area contributed by atoms with E-state index in [0.717, 1.165) is 24.2 Å². The Labute approximate surface area is 134 Å². The molecule has 2 aliphatic rings. The highest BCUT2D eigenvalue weighted by Gasteiger charge is 2.42. The number of alkyl halides is 2. The maximum Gasteiger partial charge on any atom is 0.262 e. The average molecular weight is 324 g/mol. The third-order valence-corrected chi connectivity index (χ3v) is 4.45. The summed E-state index contributed by atoms with van der Waals surface area (Å²) in [7, 11) is 0. The molecule has 0 aromatic heterocycles. The molecule has 1 saturated carbocycles. The minimum atomic E-state index is -2.80. The Bertz CT molecular complexity index is 559. The standard InChI is InChI=1S/C17H22F2N2O2/c18-17(19)9-14(21-11-17)16(22)20-10-12-5-1-4-8-15(12)23-13-6-2-3-7-13/h1,4-5,8,13-14,21H,2-3,6-7,9-11H2,(H,20,22). The molecule has 6 heteroatoms. The third-order valence-electron chi connectivity index (χ3n) is 4.45. The van der Waals surface area contributed by atoms with Crippen LogP contribution in [-0.2, 0) is 11.3 Å². The quantitative estimate of drug-likeness (QED) is 0.875. The van der Waals surface area contributed by atoms with E-state index in [1.165, 1.54) is 12.8 Å². The summed E-state index contributed by atoms with van der Waals surface area (Å²) in [5.74, 6) is -2.42. The largest absolute Gasteiger partial charge is 0.490 e. The van der Waals surface area contributed by atoms with E-state index < -0.39 is 30.8 Å². The number of hydrogen-bond donors (Lipinski definition) is 2. The number of halogens is 2. The fraction of sp³-hybridized carbons (Fsp3) is 0.588. The zero-order valence-electron chi connectivity index (χ0n) is 13.0. The van der Waals surface area contributed by atoms with Gasteiger partial charge in [-0.05, 0) is 31.7 Å². The van der Waals surface area contributed by atoms with Crippen molar-refractivity contribution in [3.63, 3.8) is 0 Å². The second-order valence-electron chi connectivity index (χ2n) is 6.34. The van der Waals surface area contributed by atoms with Gasteiger partial charge >= 0.3 is 0 Å². The molecule has 3 rings (SSSR count). The molecule has 1 aliphatic heterocycles. The maximum absolute atomic E-state index is 13.1. The first-order valence-electron chi connectivity index (χ1n) is 8.17. The smallest absolute Gasteiger partial charge is 0.262 e. The van der Waals surface area contributed by atoms with E-state index in [1.54, 1.807) is 0 Å². The summed E-state index contributed by atoms with van der Waals surface area (Å²) < 4.78 is 32.3. The van der Waals surface area contributed by atoms with E-state index in [0.29, 0.717) is 0 Å². The van der Waals surface area contributed by atoms with Crippen LogP contribution in [-0.4, -0.2) is 30.5 Å². The molecule has 1 aromatic rings. The minimum absolute atomic E-state index is 0.238. The lowest BCUT2D eigenvalue weighted by Gasteiger charge is -2.17. The average Bonchev–Trinajstić information content (AvgIpc) is 3.15. The van der Waals surface area contributed by atoms with Crippen LogP contribution in [0.1, 0.15) is 37.7 Å². The van der Waals surface area contributed by atoms with E-state index in [-0.39, 0.29) is 12.6 Å². The minimum Gasteiger partial charge on any atom is -0.490 e. The molecule has 4 nitrogen and oxygen atoms in total. The first kappa shape index (κ1) is 16.2. The van der Waals surface area contributed by atoms with Crippen molar-refractivity contribution < 1.29 is 18.3 Å². The van der Waals surface area contributed by atoms with Gasteiger partial charge in [-0.2, -0.15) is 0 Å². The highest BCUT2D eigenvalue weighted by atomic mass is 19.3. The summed E-state index contributed by atoms with van der Waals surface area (Å²) in [4.78, 5) is 12.0. The molecule has 126 valence electrons. The summed E-state index contributed by atoms with van der Waals surface area (Å²) in [5.41, 5.74) is 0.873. The first-order valence-corrected chi connectivity index (χ1v) is 8.17. The SMILES string of the molecule is O=C(NCc1ccccc1OC1CCCC1)C1CC(F)(F)CN1. The number of rotatable bonds is 5. The molecule has 1 atom stereocenters. The van der Waals surface area contributed by atoms with Crippen LogP contribution in [0, 0.1) is 0 Å². The molecule has 0 spiro atoms. The van der Waals surface area contributed by atoms with E-state index in [1.807, 2.05) is 24.3 Å². The molecule has 2 fully saturated rings. The van der Waals surface area contributed by atoms with Crippen LogP contribution in [0.5, 0.6) is 5.75 Å². The normalized spacial score (nSPS) is 23.8. The Balaban J connectivity index is 1.56. The second kappa shape index (κ2) is 6.83. The molecule has 1 saturated heterocycles. The van der Waals surface area contributed by atoms with E-state index in [9.17, 15) is 13.6 Å². The lowest BCUT2D eigenvalue weighted by molar-refractivity contribution is -0.123. The van der Waals surface area contributed by atoms with Crippen LogP contribution in [0.3, 0.4) is 0 Å². The van der Waals surface area contributed by atoms with Gasteiger partial charge in [0.15, 0.2) is 0 Å². The highest BCUT2D eigenvalue weighted by Crippen LogP contribution is 2.27. The third kappa shape index (κ3) is 4.19. The Morgan fingerprint density at radius 3 is 2.74 bits per heavy atom. The van der Waals surface area contributed by atoms with Crippen molar-refractivity contribution in [3.05, 3.63) is 29.8 Å². The molecule has 2 N–H and O–H groups in total. The summed E-state index contributed by atoms with van der Waals surface area (Å²) in [5, 5.41) is 5.29. The lowest BCUT2D eigenvalue weighted by Crippen LogP contribution is -2.40. The van der Waals surface area contributed by atoms with Crippen LogP contribution in [0.2, 0.25) is 0 Å². The van der Waals surface area contributed by atoms with Crippen LogP contribution in [0.15, 0.2) is 24.3 Å². The lowest BCUT2D eigenvalue weighted by atomic mass is 10.1. The van der Waals surface area contributed by atoms with Crippen molar-refractivity contribution in [1.29, 1.82) is 0 Å². The van der Waals surface area contributed by atoms with Gasteiger partial charge in [-0.1, -0.05) is 18.2 Å². The summed E-state index contributed by atoms with van der Waals surface area (Å²) in [6.07, 6.45) is 4.28. The number of ether oxygens (including phenoxy) is 1. The van der Waals surface area contributed by atoms with Gasteiger partial charge in [-0.15, -0.1) is 0 Å². The Morgan fingerprint density at radius 2 is 2.04 bits per heavy atom. The van der Waals surface area contributed by atoms with Crippen molar-refractivity contribution in [2.75, 3.05) is 6.54 Å². The number of benzene rings is 1. The zero-order chi connectivity index (χ0) is 16.3. The number of hydrogen-bond acceptors (Lipinski definition) is 3. The fourth-order valence-electron chi connectivity index (χ4n) is 3.16.